The van der Waals surface area contributed by atoms with Crippen molar-refractivity contribution in [1.82, 2.24) is 9.80 Å². The summed E-state index contributed by atoms with van der Waals surface area (Å²) in [5, 5.41) is 0. The van der Waals surface area contributed by atoms with E-state index in [1.807, 2.05) is 17.0 Å². The lowest BCUT2D eigenvalue weighted by molar-refractivity contribution is -0.124. The molecule has 0 saturated carbocycles. The summed E-state index contributed by atoms with van der Waals surface area (Å²) >= 11 is 0. The summed E-state index contributed by atoms with van der Waals surface area (Å²) in [7, 11) is 0. The number of hydrogen-bond acceptors (Lipinski definition) is 4. The average molecular weight is 317 g/mol. The summed E-state index contributed by atoms with van der Waals surface area (Å²) in [6.07, 6.45) is 1.67. The van der Waals surface area contributed by atoms with Crippen LogP contribution in [0, 0.1) is 5.82 Å². The van der Waals surface area contributed by atoms with E-state index < -0.39 is 11.9 Å². The van der Waals surface area contributed by atoms with Gasteiger partial charge in [0.05, 0.1) is 12.8 Å². The quantitative estimate of drug-likeness (QED) is 0.913. The van der Waals surface area contributed by atoms with Crippen molar-refractivity contribution in [2.24, 2.45) is 5.73 Å². The van der Waals surface area contributed by atoms with E-state index in [0.717, 1.165) is 44.0 Å². The van der Waals surface area contributed by atoms with Gasteiger partial charge in [-0.25, -0.2) is 4.39 Å². The maximum absolute atomic E-state index is 13.1. The lowest BCUT2D eigenvalue weighted by Crippen LogP contribution is -2.49. The zero-order valence-corrected chi connectivity index (χ0v) is 12.8. The molecule has 6 heteroatoms. The molecule has 2 aromatic rings. The molecule has 2 N–H and O–H groups in total. The number of nitrogens with two attached hydrogens (primary N) is 1. The highest BCUT2D eigenvalue weighted by Crippen LogP contribution is 2.23. The molecule has 1 aromatic carbocycles. The molecule has 0 aliphatic carbocycles. The number of amides is 1. The second kappa shape index (κ2) is 6.93. The molecule has 1 atom stereocenters. The van der Waals surface area contributed by atoms with Crippen LogP contribution in [0.1, 0.15) is 17.4 Å². The van der Waals surface area contributed by atoms with E-state index in [1.165, 1.54) is 12.1 Å². The Kier molecular flexibility index (Phi) is 4.73. The van der Waals surface area contributed by atoms with Gasteiger partial charge in [-0.3, -0.25) is 14.6 Å². The van der Waals surface area contributed by atoms with Gasteiger partial charge in [-0.15, -0.1) is 0 Å². The summed E-state index contributed by atoms with van der Waals surface area (Å²) in [5.41, 5.74) is 6.31. The second-order valence-corrected chi connectivity index (χ2v) is 5.75. The standard InChI is InChI=1S/C17H20FN3O2/c18-14-5-3-13(4-6-14)16(17(19)22)21-9-7-20(8-10-21)12-15-2-1-11-23-15/h1-6,11,16H,7-10,12H2,(H2,19,22)/t16-/m1/s1. The summed E-state index contributed by atoms with van der Waals surface area (Å²) in [5.74, 6) is 0.208. The van der Waals surface area contributed by atoms with Crippen LogP contribution in [0.15, 0.2) is 47.1 Å². The Morgan fingerprint density at radius 1 is 1.17 bits per heavy atom. The van der Waals surface area contributed by atoms with Crippen molar-refractivity contribution in [3.05, 3.63) is 59.8 Å². The van der Waals surface area contributed by atoms with Gasteiger partial charge in [0.25, 0.3) is 0 Å². The molecule has 0 spiro atoms. The number of halogens is 1. The van der Waals surface area contributed by atoms with Crippen molar-refractivity contribution >= 4 is 5.91 Å². The van der Waals surface area contributed by atoms with E-state index in [9.17, 15) is 9.18 Å². The Bertz CT molecular complexity index is 634. The van der Waals surface area contributed by atoms with Gasteiger partial charge in [-0.2, -0.15) is 0 Å². The predicted molar refractivity (Wildman–Crippen MR) is 83.9 cm³/mol. The number of benzene rings is 1. The second-order valence-electron chi connectivity index (χ2n) is 5.75. The SMILES string of the molecule is NC(=O)[C@@H](c1ccc(F)cc1)N1CCN(Cc2ccco2)CC1. The van der Waals surface area contributed by atoms with Crippen LogP contribution < -0.4 is 5.73 Å². The molecule has 2 heterocycles. The largest absolute Gasteiger partial charge is 0.468 e. The minimum absolute atomic E-state index is 0.319. The van der Waals surface area contributed by atoms with Crippen molar-refractivity contribution in [2.75, 3.05) is 26.2 Å². The molecule has 3 rings (SSSR count). The molecule has 1 aliphatic rings. The molecule has 23 heavy (non-hydrogen) atoms. The average Bonchev–Trinajstić information content (AvgIpc) is 3.04. The summed E-state index contributed by atoms with van der Waals surface area (Å²) in [4.78, 5) is 16.2. The number of carbonyl (C=O) groups excluding carboxylic acids is 1. The van der Waals surface area contributed by atoms with Gasteiger partial charge >= 0.3 is 0 Å². The Labute approximate surface area is 134 Å². The number of rotatable bonds is 5. The van der Waals surface area contributed by atoms with Crippen molar-refractivity contribution < 1.29 is 13.6 Å². The number of hydrogen-bond donors (Lipinski definition) is 1. The topological polar surface area (TPSA) is 62.7 Å². The highest BCUT2D eigenvalue weighted by molar-refractivity contribution is 5.81. The molecule has 0 unspecified atom stereocenters. The molecule has 0 bridgehead atoms. The summed E-state index contributed by atoms with van der Waals surface area (Å²) in [6, 6.07) is 9.29. The molecule has 1 amide bonds. The lowest BCUT2D eigenvalue weighted by atomic mass is 10.0. The Hall–Kier alpha value is -2.18. The molecule has 1 aromatic heterocycles. The molecular weight excluding hydrogens is 297 g/mol. The number of piperazine rings is 1. The van der Waals surface area contributed by atoms with Crippen LogP contribution >= 0.6 is 0 Å². The smallest absolute Gasteiger partial charge is 0.239 e. The van der Waals surface area contributed by atoms with Gasteiger partial charge < -0.3 is 10.2 Å². The van der Waals surface area contributed by atoms with Crippen LogP contribution in [0.2, 0.25) is 0 Å². The van der Waals surface area contributed by atoms with E-state index in [2.05, 4.69) is 4.90 Å². The highest BCUT2D eigenvalue weighted by atomic mass is 19.1. The van der Waals surface area contributed by atoms with Crippen molar-refractivity contribution in [3.63, 3.8) is 0 Å². The Morgan fingerprint density at radius 2 is 1.87 bits per heavy atom. The van der Waals surface area contributed by atoms with E-state index in [1.54, 1.807) is 18.4 Å². The number of furan rings is 1. The first-order valence-corrected chi connectivity index (χ1v) is 7.67. The zero-order valence-electron chi connectivity index (χ0n) is 12.8. The summed E-state index contributed by atoms with van der Waals surface area (Å²) < 4.78 is 18.4. The number of nitrogens with zero attached hydrogens (tertiary/aromatic N) is 2. The minimum Gasteiger partial charge on any atom is -0.468 e. The van der Waals surface area contributed by atoms with Gasteiger partial charge in [0.1, 0.15) is 17.6 Å². The first-order valence-electron chi connectivity index (χ1n) is 7.67. The van der Waals surface area contributed by atoms with Crippen molar-refractivity contribution in [2.45, 2.75) is 12.6 Å². The van der Waals surface area contributed by atoms with Gasteiger partial charge in [-0.05, 0) is 29.8 Å². The van der Waals surface area contributed by atoms with Crippen molar-refractivity contribution in [1.29, 1.82) is 0 Å². The van der Waals surface area contributed by atoms with E-state index in [-0.39, 0.29) is 5.82 Å². The van der Waals surface area contributed by atoms with Gasteiger partial charge in [0.15, 0.2) is 0 Å². The third kappa shape index (κ3) is 3.78. The predicted octanol–water partition coefficient (Wildman–Crippen LogP) is 1.76. The minimum atomic E-state index is -0.513. The number of carbonyl (C=O) groups is 1. The van der Waals surface area contributed by atoms with Crippen LogP contribution in [0.4, 0.5) is 4.39 Å². The third-order valence-corrected chi connectivity index (χ3v) is 4.19. The third-order valence-electron chi connectivity index (χ3n) is 4.19. The van der Waals surface area contributed by atoms with Crippen molar-refractivity contribution in [3.8, 4) is 0 Å². The Balaban J connectivity index is 1.64. The van der Waals surface area contributed by atoms with Crippen LogP contribution in [0.3, 0.4) is 0 Å². The molecule has 1 saturated heterocycles. The molecule has 0 radical (unpaired) electrons. The maximum Gasteiger partial charge on any atom is 0.239 e. The van der Waals surface area contributed by atoms with Crippen LogP contribution in [-0.4, -0.2) is 41.9 Å². The van der Waals surface area contributed by atoms with Crippen LogP contribution in [0.25, 0.3) is 0 Å². The lowest BCUT2D eigenvalue weighted by Gasteiger charge is -2.37. The van der Waals surface area contributed by atoms with E-state index >= 15 is 0 Å². The first kappa shape index (κ1) is 15.7. The highest BCUT2D eigenvalue weighted by Gasteiger charge is 2.29. The van der Waals surface area contributed by atoms with Crippen LogP contribution in [0.5, 0.6) is 0 Å². The molecular formula is C17H20FN3O2. The zero-order chi connectivity index (χ0) is 16.2. The molecule has 122 valence electrons. The van der Waals surface area contributed by atoms with Crippen LogP contribution in [-0.2, 0) is 11.3 Å². The molecule has 5 nitrogen and oxygen atoms in total. The summed E-state index contributed by atoms with van der Waals surface area (Å²) in [6.45, 7) is 3.87. The fourth-order valence-electron chi connectivity index (χ4n) is 3.00. The monoisotopic (exact) mass is 317 g/mol. The van der Waals surface area contributed by atoms with E-state index in [0.29, 0.717) is 0 Å². The fourth-order valence-corrected chi connectivity index (χ4v) is 3.00. The Morgan fingerprint density at radius 3 is 2.43 bits per heavy atom. The number of primary amides is 1. The van der Waals surface area contributed by atoms with Gasteiger partial charge in [-0.1, -0.05) is 12.1 Å². The van der Waals surface area contributed by atoms with Gasteiger partial charge in [0.2, 0.25) is 5.91 Å². The first-order chi connectivity index (χ1) is 11.1. The molecule has 1 fully saturated rings. The van der Waals surface area contributed by atoms with E-state index in [4.69, 9.17) is 10.2 Å². The molecule has 1 aliphatic heterocycles. The van der Waals surface area contributed by atoms with Gasteiger partial charge in [0, 0.05) is 26.2 Å². The fraction of sp³-hybridized carbons (Fsp3) is 0.353. The maximum atomic E-state index is 13.1. The normalized spacial score (nSPS) is 18.0.